The summed E-state index contributed by atoms with van der Waals surface area (Å²) in [6.07, 6.45) is 6.49. The third-order valence-electron chi connectivity index (χ3n) is 2.59. The first kappa shape index (κ1) is 13.0. The van der Waals surface area contributed by atoms with Crippen molar-refractivity contribution >= 4 is 11.7 Å². The lowest BCUT2D eigenvalue weighted by Gasteiger charge is -2.08. The van der Waals surface area contributed by atoms with E-state index in [1.165, 1.54) is 12.3 Å². The van der Waals surface area contributed by atoms with Crippen molar-refractivity contribution in [1.82, 2.24) is 19.9 Å². The van der Waals surface area contributed by atoms with Crippen LogP contribution in [0.4, 0.5) is 10.2 Å². The fraction of sp³-hybridized carbons (Fsp3) is 0.250. The number of rotatable bonds is 5. The summed E-state index contributed by atoms with van der Waals surface area (Å²) in [5.41, 5.74) is -0.0232. The molecule has 0 spiro atoms. The number of hydrogen-bond acceptors (Lipinski definition) is 4. The van der Waals surface area contributed by atoms with Crippen LogP contribution in [0.3, 0.4) is 0 Å². The smallest absolute Gasteiger partial charge is 0.254 e. The minimum Gasteiger partial charge on any atom is -0.371 e. The molecule has 0 aliphatic rings. The molecule has 0 saturated carbocycles. The Morgan fingerprint density at radius 2 is 2.32 bits per heavy atom. The second-order valence-electron chi connectivity index (χ2n) is 3.83. The van der Waals surface area contributed by atoms with E-state index >= 15 is 0 Å². The zero-order valence-electron chi connectivity index (χ0n) is 10.4. The van der Waals surface area contributed by atoms with Crippen LogP contribution in [-0.2, 0) is 6.54 Å². The lowest BCUT2D eigenvalue weighted by atomic mass is 10.2. The van der Waals surface area contributed by atoms with Gasteiger partial charge in [0.2, 0.25) is 0 Å². The Morgan fingerprint density at radius 1 is 1.47 bits per heavy atom. The summed E-state index contributed by atoms with van der Waals surface area (Å²) >= 11 is 0. The van der Waals surface area contributed by atoms with Crippen LogP contribution in [0, 0.1) is 5.82 Å². The van der Waals surface area contributed by atoms with E-state index in [9.17, 15) is 9.18 Å². The molecule has 2 N–H and O–H groups in total. The highest BCUT2D eigenvalue weighted by atomic mass is 19.1. The largest absolute Gasteiger partial charge is 0.371 e. The lowest BCUT2D eigenvalue weighted by Crippen LogP contribution is -2.28. The maximum absolute atomic E-state index is 13.8. The van der Waals surface area contributed by atoms with Crippen molar-refractivity contribution in [3.8, 4) is 0 Å². The molecule has 2 aromatic rings. The second-order valence-corrected chi connectivity index (χ2v) is 3.83. The number of amides is 1. The highest BCUT2D eigenvalue weighted by molar-refractivity contribution is 5.95. The number of anilines is 1. The van der Waals surface area contributed by atoms with Gasteiger partial charge >= 0.3 is 0 Å². The van der Waals surface area contributed by atoms with Crippen LogP contribution >= 0.6 is 0 Å². The van der Waals surface area contributed by atoms with Crippen molar-refractivity contribution in [1.29, 1.82) is 0 Å². The van der Waals surface area contributed by atoms with Crippen LogP contribution in [0.2, 0.25) is 0 Å². The van der Waals surface area contributed by atoms with E-state index < -0.39 is 11.7 Å². The molecule has 0 radical (unpaired) electrons. The van der Waals surface area contributed by atoms with Gasteiger partial charge in [-0.15, -0.1) is 0 Å². The number of pyridine rings is 1. The third-order valence-corrected chi connectivity index (χ3v) is 2.59. The summed E-state index contributed by atoms with van der Waals surface area (Å²) in [6, 6.07) is 1.35. The van der Waals surface area contributed by atoms with E-state index in [0.717, 1.165) is 0 Å². The molecule has 0 unspecified atom stereocenters. The van der Waals surface area contributed by atoms with Crippen molar-refractivity contribution < 1.29 is 9.18 Å². The van der Waals surface area contributed by atoms with Gasteiger partial charge in [-0.2, -0.15) is 0 Å². The molecule has 0 fully saturated rings. The minimum atomic E-state index is -0.648. The lowest BCUT2D eigenvalue weighted by molar-refractivity contribution is 0.0948. The van der Waals surface area contributed by atoms with E-state index in [2.05, 4.69) is 20.6 Å². The summed E-state index contributed by atoms with van der Waals surface area (Å²) in [6.45, 7) is 0.975. The number of carbonyl (C=O) groups is 1. The average molecular weight is 263 g/mol. The van der Waals surface area contributed by atoms with Gasteiger partial charge in [-0.05, 0) is 6.07 Å². The first-order valence-corrected chi connectivity index (χ1v) is 5.78. The Labute approximate surface area is 109 Å². The third kappa shape index (κ3) is 3.06. The predicted octanol–water partition coefficient (Wildman–Crippen LogP) is 0.889. The number of carbonyl (C=O) groups excluding carboxylic acids is 1. The summed E-state index contributed by atoms with van der Waals surface area (Å²) in [7, 11) is 1.55. The molecule has 19 heavy (non-hydrogen) atoms. The second kappa shape index (κ2) is 5.94. The van der Waals surface area contributed by atoms with E-state index in [4.69, 9.17) is 0 Å². The number of imidazole rings is 1. The van der Waals surface area contributed by atoms with E-state index in [-0.39, 0.29) is 11.4 Å². The van der Waals surface area contributed by atoms with Crippen LogP contribution in [0.1, 0.15) is 10.4 Å². The van der Waals surface area contributed by atoms with Crippen molar-refractivity contribution in [2.75, 3.05) is 18.9 Å². The Kier molecular flexibility index (Phi) is 4.07. The Bertz CT molecular complexity index is 555. The zero-order valence-corrected chi connectivity index (χ0v) is 10.4. The van der Waals surface area contributed by atoms with Crippen LogP contribution in [0.5, 0.6) is 0 Å². The summed E-state index contributed by atoms with van der Waals surface area (Å²) in [5.74, 6) is -1.05. The summed E-state index contributed by atoms with van der Waals surface area (Å²) < 4.78 is 15.6. The number of aromatic nitrogens is 3. The quantitative estimate of drug-likeness (QED) is 0.840. The first-order chi connectivity index (χ1) is 9.22. The number of nitrogens with zero attached hydrogens (tertiary/aromatic N) is 3. The topological polar surface area (TPSA) is 71.8 Å². The zero-order chi connectivity index (χ0) is 13.7. The molecular formula is C12H14FN5O. The minimum absolute atomic E-state index is 0.0232. The molecule has 0 atom stereocenters. The molecule has 0 aromatic carbocycles. The first-order valence-electron chi connectivity index (χ1n) is 5.78. The van der Waals surface area contributed by atoms with Crippen molar-refractivity contribution in [2.45, 2.75) is 6.54 Å². The fourth-order valence-corrected chi connectivity index (χ4v) is 1.61. The van der Waals surface area contributed by atoms with Gasteiger partial charge in [0.25, 0.3) is 5.91 Å². The molecule has 0 aliphatic carbocycles. The highest BCUT2D eigenvalue weighted by Crippen LogP contribution is 2.13. The molecule has 7 heteroatoms. The van der Waals surface area contributed by atoms with E-state index in [1.807, 2.05) is 4.57 Å². The van der Waals surface area contributed by atoms with Gasteiger partial charge in [-0.1, -0.05) is 0 Å². The molecule has 2 heterocycles. The van der Waals surface area contributed by atoms with Gasteiger partial charge in [-0.3, -0.25) is 4.79 Å². The molecule has 6 nitrogen and oxygen atoms in total. The van der Waals surface area contributed by atoms with Gasteiger partial charge in [0.1, 0.15) is 0 Å². The molecule has 0 aliphatic heterocycles. The van der Waals surface area contributed by atoms with E-state index in [0.29, 0.717) is 13.1 Å². The Hall–Kier alpha value is -2.44. The maximum Gasteiger partial charge on any atom is 0.254 e. The Morgan fingerprint density at radius 3 is 3.00 bits per heavy atom. The monoisotopic (exact) mass is 263 g/mol. The average Bonchev–Trinajstić information content (AvgIpc) is 2.92. The van der Waals surface area contributed by atoms with Crippen molar-refractivity contribution in [3.63, 3.8) is 0 Å². The number of nitrogens with one attached hydrogen (secondary N) is 2. The summed E-state index contributed by atoms with van der Waals surface area (Å²) in [4.78, 5) is 19.5. The number of halogens is 1. The van der Waals surface area contributed by atoms with Crippen LogP contribution in [0.25, 0.3) is 0 Å². The van der Waals surface area contributed by atoms with Crippen LogP contribution in [0.15, 0.2) is 31.0 Å². The van der Waals surface area contributed by atoms with E-state index in [1.54, 1.807) is 25.8 Å². The van der Waals surface area contributed by atoms with Gasteiger partial charge in [0.05, 0.1) is 11.9 Å². The molecule has 0 saturated heterocycles. The van der Waals surface area contributed by atoms with Crippen LogP contribution in [-0.4, -0.2) is 34.0 Å². The van der Waals surface area contributed by atoms with Gasteiger partial charge in [-0.25, -0.2) is 14.4 Å². The Balaban J connectivity index is 1.96. The molecule has 2 rings (SSSR count). The predicted molar refractivity (Wildman–Crippen MR) is 68.3 cm³/mol. The van der Waals surface area contributed by atoms with Gasteiger partial charge in [0.15, 0.2) is 11.6 Å². The molecule has 1 amide bonds. The molecular weight excluding hydrogens is 249 g/mol. The maximum atomic E-state index is 13.8. The molecule has 2 aromatic heterocycles. The van der Waals surface area contributed by atoms with Crippen LogP contribution < -0.4 is 10.6 Å². The van der Waals surface area contributed by atoms with Crippen molar-refractivity contribution in [2.24, 2.45) is 0 Å². The fourth-order valence-electron chi connectivity index (χ4n) is 1.61. The number of hydrogen-bond donors (Lipinski definition) is 2. The SMILES string of the molecule is CNc1nccc(C(=O)NCCn2ccnc2)c1F. The highest BCUT2D eigenvalue weighted by Gasteiger charge is 2.14. The standard InChI is InChI=1S/C12H14FN5O/c1-14-11-10(13)9(2-3-16-11)12(19)17-5-7-18-6-4-15-8-18/h2-4,6,8H,5,7H2,1H3,(H,14,16)(H,17,19). The summed E-state index contributed by atoms with van der Waals surface area (Å²) in [5, 5.41) is 5.24. The molecule has 0 bridgehead atoms. The molecule has 100 valence electrons. The van der Waals surface area contributed by atoms with Crippen molar-refractivity contribution in [3.05, 3.63) is 42.4 Å². The van der Waals surface area contributed by atoms with Gasteiger partial charge < -0.3 is 15.2 Å². The normalized spacial score (nSPS) is 10.2. The van der Waals surface area contributed by atoms with Gasteiger partial charge in [0, 0.05) is 38.7 Å².